The minimum absolute atomic E-state index is 0.152. The highest BCUT2D eigenvalue weighted by Gasteiger charge is 2.16. The third-order valence-corrected chi connectivity index (χ3v) is 4.08. The van der Waals surface area contributed by atoms with Gasteiger partial charge in [-0.3, -0.25) is 14.4 Å². The molecule has 1 atom stereocenters. The molecular weight excluding hydrogens is 378 g/mol. The van der Waals surface area contributed by atoms with Gasteiger partial charge in [0.2, 0.25) is 5.91 Å². The molecule has 1 amide bonds. The van der Waals surface area contributed by atoms with Gasteiger partial charge in [0.1, 0.15) is 17.5 Å². The summed E-state index contributed by atoms with van der Waals surface area (Å²) in [5, 5.41) is 3.75. The van der Waals surface area contributed by atoms with Gasteiger partial charge in [0, 0.05) is 31.0 Å². The van der Waals surface area contributed by atoms with Gasteiger partial charge in [-0.2, -0.15) is 0 Å². The molecule has 8 heteroatoms. The summed E-state index contributed by atoms with van der Waals surface area (Å²) in [7, 11) is 1.25. The molecule has 0 unspecified atom stereocenters. The van der Waals surface area contributed by atoms with Gasteiger partial charge in [-0.05, 0) is 37.1 Å². The second-order valence-electron chi connectivity index (χ2n) is 6.44. The van der Waals surface area contributed by atoms with E-state index in [1.54, 1.807) is 37.3 Å². The third-order valence-electron chi connectivity index (χ3n) is 4.08. The lowest BCUT2D eigenvalue weighted by molar-refractivity contribution is -0.144. The summed E-state index contributed by atoms with van der Waals surface area (Å²) in [4.78, 5) is 46.2. The lowest BCUT2D eigenvalue weighted by atomic mass is 10.0. The van der Waals surface area contributed by atoms with Crippen molar-refractivity contribution in [3.05, 3.63) is 35.9 Å². The Bertz CT molecular complexity index is 951. The molecule has 0 radical (unpaired) electrons. The van der Waals surface area contributed by atoms with Gasteiger partial charge in [-0.25, -0.2) is 4.79 Å². The van der Waals surface area contributed by atoms with Crippen LogP contribution in [-0.4, -0.2) is 37.0 Å². The summed E-state index contributed by atoms with van der Waals surface area (Å²) < 4.78 is 15.0. The molecule has 0 heterocycles. The SMILES string of the molecule is COC(=O)[C@H](C)NC(=O)CCc1ccc2c(OC(C)=O)ccc(OC(C)=O)c2c1. The molecule has 2 aromatic rings. The normalized spacial score (nSPS) is 11.4. The van der Waals surface area contributed by atoms with Crippen LogP contribution in [0, 0.1) is 0 Å². The number of carbonyl (C=O) groups excluding carboxylic acids is 4. The molecule has 0 saturated heterocycles. The van der Waals surface area contributed by atoms with Gasteiger partial charge < -0.3 is 19.5 Å². The zero-order valence-corrected chi connectivity index (χ0v) is 16.7. The van der Waals surface area contributed by atoms with Crippen LogP contribution in [-0.2, 0) is 30.3 Å². The molecule has 0 aliphatic rings. The van der Waals surface area contributed by atoms with E-state index in [0.717, 1.165) is 5.56 Å². The lowest BCUT2D eigenvalue weighted by Gasteiger charge is -2.13. The summed E-state index contributed by atoms with van der Waals surface area (Å²) in [6, 6.07) is 7.69. The molecule has 2 aromatic carbocycles. The van der Waals surface area contributed by atoms with Crippen LogP contribution < -0.4 is 14.8 Å². The summed E-state index contributed by atoms with van der Waals surface area (Å²) in [5.41, 5.74) is 0.812. The molecule has 0 aromatic heterocycles. The number of aryl methyl sites for hydroxylation is 1. The van der Waals surface area contributed by atoms with Gasteiger partial charge in [0.15, 0.2) is 0 Å². The first-order chi connectivity index (χ1) is 13.7. The molecule has 1 N–H and O–H groups in total. The zero-order chi connectivity index (χ0) is 21.6. The predicted molar refractivity (Wildman–Crippen MR) is 105 cm³/mol. The number of nitrogens with one attached hydrogen (secondary N) is 1. The van der Waals surface area contributed by atoms with E-state index in [-0.39, 0.29) is 12.3 Å². The fraction of sp³-hybridized carbons (Fsp3) is 0.333. The first kappa shape index (κ1) is 21.9. The van der Waals surface area contributed by atoms with Gasteiger partial charge in [0.25, 0.3) is 0 Å². The van der Waals surface area contributed by atoms with Crippen LogP contribution in [0.25, 0.3) is 10.8 Å². The highest BCUT2D eigenvalue weighted by atomic mass is 16.5. The first-order valence-corrected chi connectivity index (χ1v) is 9.01. The van der Waals surface area contributed by atoms with Gasteiger partial charge >= 0.3 is 17.9 Å². The second kappa shape index (κ2) is 9.68. The Kier molecular flexibility index (Phi) is 7.30. The van der Waals surface area contributed by atoms with E-state index in [9.17, 15) is 19.2 Å². The Labute approximate surface area is 168 Å². The number of methoxy groups -OCH3 is 1. The lowest BCUT2D eigenvalue weighted by Crippen LogP contribution is -2.39. The van der Waals surface area contributed by atoms with Crippen LogP contribution in [0.5, 0.6) is 11.5 Å². The van der Waals surface area contributed by atoms with Crippen molar-refractivity contribution in [2.24, 2.45) is 0 Å². The van der Waals surface area contributed by atoms with Crippen LogP contribution >= 0.6 is 0 Å². The van der Waals surface area contributed by atoms with E-state index < -0.39 is 23.9 Å². The Hall–Kier alpha value is -3.42. The van der Waals surface area contributed by atoms with Crippen LogP contribution in [0.2, 0.25) is 0 Å². The van der Waals surface area contributed by atoms with Crippen molar-refractivity contribution in [2.75, 3.05) is 7.11 Å². The maximum Gasteiger partial charge on any atom is 0.328 e. The quantitative estimate of drug-likeness (QED) is 0.560. The number of rotatable bonds is 7. The summed E-state index contributed by atoms with van der Waals surface area (Å²) in [6.07, 6.45) is 0.548. The van der Waals surface area contributed by atoms with Crippen molar-refractivity contribution in [1.82, 2.24) is 5.32 Å². The number of carbonyl (C=O) groups is 4. The van der Waals surface area contributed by atoms with Crippen LogP contribution in [0.3, 0.4) is 0 Å². The number of amides is 1. The zero-order valence-electron chi connectivity index (χ0n) is 16.7. The highest BCUT2D eigenvalue weighted by molar-refractivity contribution is 5.96. The molecule has 2 rings (SSSR count). The third kappa shape index (κ3) is 6.03. The standard InChI is InChI=1S/C21H23NO7/c1-12(21(26)27-4)22-20(25)10-6-15-5-7-16-17(11-15)19(29-14(3)24)9-8-18(16)28-13(2)23/h5,7-9,11-12H,6,10H2,1-4H3,(H,22,25)/t12-/m0/s1. The molecule has 0 saturated carbocycles. The number of fused-ring (bicyclic) bond motifs is 1. The Morgan fingerprint density at radius 2 is 1.52 bits per heavy atom. The number of esters is 3. The monoisotopic (exact) mass is 401 g/mol. The number of benzene rings is 2. The summed E-state index contributed by atoms with van der Waals surface area (Å²) in [5.74, 6) is -1.08. The molecular formula is C21H23NO7. The fourth-order valence-electron chi connectivity index (χ4n) is 2.79. The van der Waals surface area contributed by atoms with Gasteiger partial charge in [0.05, 0.1) is 7.11 Å². The predicted octanol–water partition coefficient (Wildman–Crippen LogP) is 2.30. The maximum atomic E-state index is 12.1. The Balaban J connectivity index is 2.24. The molecule has 29 heavy (non-hydrogen) atoms. The second-order valence-corrected chi connectivity index (χ2v) is 6.44. The Morgan fingerprint density at radius 3 is 2.07 bits per heavy atom. The molecule has 0 aliphatic heterocycles. The molecule has 0 aliphatic carbocycles. The van der Waals surface area contributed by atoms with Crippen molar-refractivity contribution in [3.8, 4) is 11.5 Å². The van der Waals surface area contributed by atoms with Crippen molar-refractivity contribution in [3.63, 3.8) is 0 Å². The molecule has 8 nitrogen and oxygen atoms in total. The molecule has 0 bridgehead atoms. The number of ether oxygens (including phenoxy) is 3. The van der Waals surface area contributed by atoms with Crippen LogP contribution in [0.15, 0.2) is 30.3 Å². The topological polar surface area (TPSA) is 108 Å². The first-order valence-electron chi connectivity index (χ1n) is 9.01. The summed E-state index contributed by atoms with van der Waals surface area (Å²) >= 11 is 0. The van der Waals surface area contributed by atoms with E-state index in [1.807, 2.05) is 0 Å². The van der Waals surface area contributed by atoms with Crippen molar-refractivity contribution < 1.29 is 33.4 Å². The largest absolute Gasteiger partial charge is 0.467 e. The van der Waals surface area contributed by atoms with Crippen LogP contribution in [0.4, 0.5) is 0 Å². The van der Waals surface area contributed by atoms with E-state index in [4.69, 9.17) is 9.47 Å². The minimum atomic E-state index is -0.731. The smallest absolute Gasteiger partial charge is 0.328 e. The average Bonchev–Trinajstić information content (AvgIpc) is 2.66. The minimum Gasteiger partial charge on any atom is -0.467 e. The van der Waals surface area contributed by atoms with Crippen molar-refractivity contribution >= 4 is 34.6 Å². The number of hydrogen-bond donors (Lipinski definition) is 1. The van der Waals surface area contributed by atoms with E-state index in [2.05, 4.69) is 10.1 Å². The van der Waals surface area contributed by atoms with E-state index in [1.165, 1.54) is 21.0 Å². The average molecular weight is 401 g/mol. The molecule has 154 valence electrons. The summed E-state index contributed by atoms with van der Waals surface area (Å²) in [6.45, 7) is 4.14. The highest BCUT2D eigenvalue weighted by Crippen LogP contribution is 2.34. The number of hydrogen-bond acceptors (Lipinski definition) is 7. The maximum absolute atomic E-state index is 12.1. The molecule has 0 fully saturated rings. The van der Waals surface area contributed by atoms with E-state index in [0.29, 0.717) is 28.7 Å². The Morgan fingerprint density at radius 1 is 0.931 bits per heavy atom. The molecule has 0 spiro atoms. The van der Waals surface area contributed by atoms with Crippen molar-refractivity contribution in [1.29, 1.82) is 0 Å². The van der Waals surface area contributed by atoms with Crippen LogP contribution in [0.1, 0.15) is 32.8 Å². The van der Waals surface area contributed by atoms with Gasteiger partial charge in [-0.15, -0.1) is 0 Å². The van der Waals surface area contributed by atoms with E-state index >= 15 is 0 Å². The fourth-order valence-corrected chi connectivity index (χ4v) is 2.79. The van der Waals surface area contributed by atoms with Gasteiger partial charge in [-0.1, -0.05) is 12.1 Å². The van der Waals surface area contributed by atoms with Crippen molar-refractivity contribution in [2.45, 2.75) is 39.7 Å².